The Morgan fingerprint density at radius 1 is 0.854 bits per heavy atom. The molecule has 5 aromatic rings. The molecule has 0 fully saturated rings. The smallest absolute Gasteiger partial charge is 0.395 e. The summed E-state index contributed by atoms with van der Waals surface area (Å²) < 4.78 is 53.4. The first kappa shape index (κ1) is 34.1. The van der Waals surface area contributed by atoms with Crippen molar-refractivity contribution in [2.75, 3.05) is 20.3 Å². The molecule has 6 rings (SSSR count). The topological polar surface area (TPSA) is 110 Å². The zero-order chi connectivity index (χ0) is 34.3. The van der Waals surface area contributed by atoms with Crippen LogP contribution in [-0.4, -0.2) is 72.0 Å². The van der Waals surface area contributed by atoms with Crippen molar-refractivity contribution < 1.29 is 27.7 Å². The summed E-state index contributed by atoms with van der Waals surface area (Å²) in [6, 6.07) is 9.08. The molecule has 0 saturated carbocycles. The normalized spacial score (nSPS) is 14.4. The summed E-state index contributed by atoms with van der Waals surface area (Å²) in [6.45, 7) is 16.0. The number of hydrogen-bond acceptors (Lipinski definition) is 9. The lowest BCUT2D eigenvalue weighted by atomic mass is 10.1. The van der Waals surface area contributed by atoms with Crippen LogP contribution in [-0.2, 0) is 29.5 Å². The minimum Gasteiger partial charge on any atom is -0.395 e. The molecule has 1 aliphatic rings. The maximum absolute atomic E-state index is 14.0. The van der Waals surface area contributed by atoms with Gasteiger partial charge in [0.05, 0.1) is 16.4 Å². The van der Waals surface area contributed by atoms with Crippen LogP contribution >= 0.6 is 0 Å². The standard InChI is InChI=1S/C33H43F2N7O4Si2/c1-36-16-22-12-23(18-37-17-22)24-13-25-30(40-42(31(25)38-19-24)21-44-9-11-48(5,6)7)32-39-26-14-28-29(46-33(34,35)45-28)15-27(26)41(32)20-43-8-10-47(2,3)4/h12-15,17-19,36H,8-11,16,20-21H2,1-7H3. The van der Waals surface area contributed by atoms with E-state index in [1.165, 1.54) is 12.1 Å². The molecule has 0 spiro atoms. The summed E-state index contributed by atoms with van der Waals surface area (Å²) in [6.07, 6.45) is 1.71. The van der Waals surface area contributed by atoms with Crippen LogP contribution in [0.1, 0.15) is 5.56 Å². The number of imidazole rings is 1. The molecule has 0 aliphatic carbocycles. The molecule has 1 aliphatic heterocycles. The van der Waals surface area contributed by atoms with Crippen LogP contribution in [0.4, 0.5) is 8.78 Å². The highest BCUT2D eigenvalue weighted by molar-refractivity contribution is 6.76. The third-order valence-corrected chi connectivity index (χ3v) is 11.4. The molecule has 256 valence electrons. The summed E-state index contributed by atoms with van der Waals surface area (Å²) in [5.74, 6) is 0.360. The summed E-state index contributed by atoms with van der Waals surface area (Å²) >= 11 is 0. The van der Waals surface area contributed by atoms with E-state index >= 15 is 0 Å². The predicted molar refractivity (Wildman–Crippen MR) is 187 cm³/mol. The lowest BCUT2D eigenvalue weighted by molar-refractivity contribution is -0.286. The molecule has 0 amide bonds. The van der Waals surface area contributed by atoms with Crippen LogP contribution in [0.5, 0.6) is 11.5 Å². The van der Waals surface area contributed by atoms with Gasteiger partial charge in [-0.25, -0.2) is 14.6 Å². The van der Waals surface area contributed by atoms with E-state index in [4.69, 9.17) is 34.0 Å². The molecule has 0 unspecified atom stereocenters. The van der Waals surface area contributed by atoms with Gasteiger partial charge < -0.3 is 24.3 Å². The van der Waals surface area contributed by atoms with E-state index in [1.54, 1.807) is 4.68 Å². The van der Waals surface area contributed by atoms with Gasteiger partial charge in [-0.1, -0.05) is 39.3 Å². The van der Waals surface area contributed by atoms with Gasteiger partial charge in [0.1, 0.15) is 19.2 Å². The van der Waals surface area contributed by atoms with E-state index in [-0.39, 0.29) is 25.0 Å². The number of rotatable bonds is 14. The first-order valence-corrected chi connectivity index (χ1v) is 23.5. The van der Waals surface area contributed by atoms with Crippen molar-refractivity contribution in [3.8, 4) is 34.1 Å². The maximum Gasteiger partial charge on any atom is 0.586 e. The van der Waals surface area contributed by atoms with Gasteiger partial charge in [0.2, 0.25) is 0 Å². The number of halogens is 2. The minimum atomic E-state index is -3.74. The molecule has 15 heteroatoms. The summed E-state index contributed by atoms with van der Waals surface area (Å²) in [5, 5.41) is 8.92. The second-order valence-electron chi connectivity index (χ2n) is 14.6. The number of pyridine rings is 2. The Morgan fingerprint density at radius 3 is 2.21 bits per heavy atom. The first-order chi connectivity index (χ1) is 22.7. The van der Waals surface area contributed by atoms with Gasteiger partial charge in [-0.05, 0) is 36.8 Å². The molecule has 0 bridgehead atoms. The van der Waals surface area contributed by atoms with Crippen molar-refractivity contribution in [1.82, 2.24) is 34.6 Å². The lowest BCUT2D eigenvalue weighted by Gasteiger charge is -2.16. The average molecular weight is 696 g/mol. The van der Waals surface area contributed by atoms with E-state index in [2.05, 4.69) is 55.6 Å². The van der Waals surface area contributed by atoms with E-state index < -0.39 is 22.4 Å². The Balaban J connectivity index is 1.46. The zero-order valence-corrected chi connectivity index (χ0v) is 30.6. The number of fused-ring (bicyclic) bond motifs is 3. The zero-order valence-electron chi connectivity index (χ0n) is 28.6. The van der Waals surface area contributed by atoms with Crippen molar-refractivity contribution in [2.24, 2.45) is 0 Å². The van der Waals surface area contributed by atoms with Crippen molar-refractivity contribution >= 4 is 38.2 Å². The Morgan fingerprint density at radius 2 is 1.52 bits per heavy atom. The molecule has 48 heavy (non-hydrogen) atoms. The molecule has 4 aromatic heterocycles. The quantitative estimate of drug-likeness (QED) is 0.0955. The number of nitrogens with zero attached hydrogens (tertiary/aromatic N) is 6. The molecule has 0 radical (unpaired) electrons. The van der Waals surface area contributed by atoms with E-state index in [0.717, 1.165) is 34.2 Å². The number of ether oxygens (including phenoxy) is 4. The van der Waals surface area contributed by atoms with Crippen molar-refractivity contribution in [3.63, 3.8) is 0 Å². The molecule has 5 heterocycles. The van der Waals surface area contributed by atoms with Crippen LogP contribution < -0.4 is 14.8 Å². The highest BCUT2D eigenvalue weighted by Crippen LogP contribution is 2.44. The number of nitrogens with one attached hydrogen (secondary N) is 1. The van der Waals surface area contributed by atoms with Gasteiger partial charge in [0, 0.05) is 77.8 Å². The highest BCUT2D eigenvalue weighted by atomic mass is 28.3. The molecule has 0 atom stereocenters. The Labute approximate surface area is 280 Å². The monoisotopic (exact) mass is 695 g/mol. The fraction of sp³-hybridized carbons (Fsp3) is 0.455. The van der Waals surface area contributed by atoms with E-state index in [9.17, 15) is 8.78 Å². The Hall–Kier alpha value is -3.77. The SMILES string of the molecule is CNCc1cncc(-c2cnc3c(c2)c(-c2nc4cc5c(cc4n2COCC[Si](C)(C)C)OC(F)(F)O5)nn3COCC[Si](C)(C)C)c1. The number of hydrogen-bond donors (Lipinski definition) is 1. The first-order valence-electron chi connectivity index (χ1n) is 16.1. The third-order valence-electron chi connectivity index (χ3n) is 8.01. The van der Waals surface area contributed by atoms with Crippen LogP contribution in [0.25, 0.3) is 44.7 Å². The van der Waals surface area contributed by atoms with Crippen molar-refractivity contribution in [2.45, 2.75) is 77.7 Å². The van der Waals surface area contributed by atoms with Crippen LogP contribution in [0, 0.1) is 0 Å². The highest BCUT2D eigenvalue weighted by Gasteiger charge is 2.44. The fourth-order valence-electron chi connectivity index (χ4n) is 5.36. The van der Waals surface area contributed by atoms with Crippen LogP contribution in [0.2, 0.25) is 51.4 Å². The summed E-state index contributed by atoms with van der Waals surface area (Å²) in [7, 11) is -0.765. The summed E-state index contributed by atoms with van der Waals surface area (Å²) in [4.78, 5) is 14.2. The van der Waals surface area contributed by atoms with Gasteiger partial charge in [-0.15, -0.1) is 8.78 Å². The second-order valence-corrected chi connectivity index (χ2v) is 25.8. The maximum atomic E-state index is 14.0. The third kappa shape index (κ3) is 7.75. The van der Waals surface area contributed by atoms with Gasteiger partial charge >= 0.3 is 6.29 Å². The average Bonchev–Trinajstić information content (AvgIpc) is 3.64. The lowest BCUT2D eigenvalue weighted by Crippen LogP contribution is -2.25. The van der Waals surface area contributed by atoms with Crippen molar-refractivity contribution in [3.05, 3.63) is 48.4 Å². The predicted octanol–water partition coefficient (Wildman–Crippen LogP) is 7.18. The van der Waals surface area contributed by atoms with E-state index in [1.807, 2.05) is 36.3 Å². The largest absolute Gasteiger partial charge is 0.586 e. The fourth-order valence-corrected chi connectivity index (χ4v) is 6.88. The Kier molecular flexibility index (Phi) is 9.43. The number of alkyl halides is 2. The van der Waals surface area contributed by atoms with Crippen LogP contribution in [0.15, 0.2) is 42.9 Å². The molecule has 11 nitrogen and oxygen atoms in total. The molecule has 0 saturated heterocycles. The van der Waals surface area contributed by atoms with Crippen molar-refractivity contribution in [1.29, 1.82) is 0 Å². The van der Waals surface area contributed by atoms with Gasteiger partial charge in [-0.3, -0.25) is 9.55 Å². The number of aromatic nitrogens is 6. The van der Waals surface area contributed by atoms with Gasteiger partial charge in [-0.2, -0.15) is 5.10 Å². The Bertz CT molecular complexity index is 1940. The molecule has 1 N–H and O–H groups in total. The van der Waals surface area contributed by atoms with Crippen LogP contribution in [0.3, 0.4) is 0 Å². The molecular weight excluding hydrogens is 653 g/mol. The van der Waals surface area contributed by atoms with E-state index in [0.29, 0.717) is 48.0 Å². The molecular formula is C33H43F2N7O4Si2. The minimum absolute atomic E-state index is 0.0635. The molecule has 1 aromatic carbocycles. The summed E-state index contributed by atoms with van der Waals surface area (Å²) in [5.41, 5.74) is 5.02. The van der Waals surface area contributed by atoms with Gasteiger partial charge in [0.15, 0.2) is 23.0 Å². The number of benzene rings is 1. The van der Waals surface area contributed by atoms with Gasteiger partial charge in [0.25, 0.3) is 0 Å². The second kappa shape index (κ2) is 13.3.